The van der Waals surface area contributed by atoms with Gasteiger partial charge >= 0.3 is 0 Å². The van der Waals surface area contributed by atoms with Crippen LogP contribution in [-0.4, -0.2) is 38.9 Å². The minimum Gasteiger partial charge on any atom is -0.474 e. The topological polar surface area (TPSA) is 120 Å². The Kier molecular flexibility index (Phi) is 4.90. The largest absolute Gasteiger partial charge is 0.474 e. The SMILES string of the molecule is NC(=O)c1cccnc1OC1CC2(CC(NC(=O)c3nc(-c4ccccn4)cs3)C2)C1. The number of ether oxygens (including phenoxy) is 1. The first kappa shape index (κ1) is 19.6. The minimum atomic E-state index is -0.544. The van der Waals surface area contributed by atoms with Crippen molar-refractivity contribution in [2.45, 2.75) is 37.8 Å². The van der Waals surface area contributed by atoms with E-state index in [1.165, 1.54) is 11.3 Å². The minimum absolute atomic E-state index is 0.0181. The van der Waals surface area contributed by atoms with E-state index >= 15 is 0 Å². The average Bonchev–Trinajstić information content (AvgIpc) is 3.22. The van der Waals surface area contributed by atoms with Crippen LogP contribution >= 0.6 is 11.3 Å². The number of thiazole rings is 1. The lowest BCUT2D eigenvalue weighted by molar-refractivity contribution is -0.0848. The summed E-state index contributed by atoms with van der Waals surface area (Å²) in [4.78, 5) is 36.9. The molecule has 0 aromatic carbocycles. The second kappa shape index (κ2) is 7.73. The van der Waals surface area contributed by atoms with Crippen LogP contribution in [0.1, 0.15) is 45.8 Å². The van der Waals surface area contributed by atoms with Gasteiger partial charge in [-0.1, -0.05) is 6.07 Å². The number of hydrogen-bond acceptors (Lipinski definition) is 7. The van der Waals surface area contributed by atoms with E-state index in [1.807, 2.05) is 23.6 Å². The summed E-state index contributed by atoms with van der Waals surface area (Å²) in [6.45, 7) is 0. The fourth-order valence-electron chi connectivity index (χ4n) is 4.50. The number of nitrogens with two attached hydrogens (primary N) is 1. The van der Waals surface area contributed by atoms with E-state index in [0.717, 1.165) is 31.4 Å². The molecule has 3 aromatic heterocycles. The monoisotopic (exact) mass is 435 g/mol. The van der Waals surface area contributed by atoms with Crippen LogP contribution in [-0.2, 0) is 0 Å². The number of nitrogens with one attached hydrogen (secondary N) is 1. The van der Waals surface area contributed by atoms with Crippen molar-refractivity contribution in [3.05, 3.63) is 58.7 Å². The molecule has 31 heavy (non-hydrogen) atoms. The first-order valence-corrected chi connectivity index (χ1v) is 11.0. The first-order valence-electron chi connectivity index (χ1n) is 10.1. The Bertz CT molecular complexity index is 1120. The van der Waals surface area contributed by atoms with Gasteiger partial charge < -0.3 is 15.8 Å². The molecule has 0 saturated heterocycles. The molecule has 0 radical (unpaired) electrons. The summed E-state index contributed by atoms with van der Waals surface area (Å²) in [5, 5.41) is 5.39. The molecular formula is C22H21N5O3S. The molecule has 3 aromatic rings. The van der Waals surface area contributed by atoms with Gasteiger partial charge in [-0.05, 0) is 55.4 Å². The summed E-state index contributed by atoms with van der Waals surface area (Å²) in [5.41, 5.74) is 7.35. The normalized spacial score (nSPS) is 24.1. The molecule has 0 unspecified atom stereocenters. The third-order valence-electron chi connectivity index (χ3n) is 5.96. The molecule has 2 aliphatic rings. The van der Waals surface area contributed by atoms with Crippen molar-refractivity contribution in [3.8, 4) is 17.3 Å². The molecule has 2 amide bonds. The Morgan fingerprint density at radius 1 is 1.06 bits per heavy atom. The molecule has 2 aliphatic carbocycles. The molecule has 9 heteroatoms. The third-order valence-corrected chi connectivity index (χ3v) is 6.80. The van der Waals surface area contributed by atoms with Gasteiger partial charge in [0.1, 0.15) is 17.4 Å². The molecule has 0 atom stereocenters. The van der Waals surface area contributed by atoms with E-state index in [0.29, 0.717) is 22.1 Å². The summed E-state index contributed by atoms with van der Waals surface area (Å²) in [5.74, 6) is -0.387. The van der Waals surface area contributed by atoms with Gasteiger partial charge in [0.2, 0.25) is 5.88 Å². The van der Waals surface area contributed by atoms with Gasteiger partial charge in [-0.25, -0.2) is 9.97 Å². The van der Waals surface area contributed by atoms with Crippen molar-refractivity contribution in [2.75, 3.05) is 0 Å². The maximum absolute atomic E-state index is 12.6. The zero-order valence-corrected chi connectivity index (χ0v) is 17.5. The van der Waals surface area contributed by atoms with E-state index in [-0.39, 0.29) is 23.5 Å². The number of rotatable bonds is 6. The number of aromatic nitrogens is 3. The van der Waals surface area contributed by atoms with Gasteiger partial charge in [0.25, 0.3) is 11.8 Å². The molecule has 3 N–H and O–H groups in total. The first-order chi connectivity index (χ1) is 15.0. The molecule has 1 spiro atoms. The van der Waals surface area contributed by atoms with Gasteiger partial charge in [0.15, 0.2) is 5.01 Å². The predicted molar refractivity (Wildman–Crippen MR) is 115 cm³/mol. The molecular weight excluding hydrogens is 414 g/mol. The number of carbonyl (C=O) groups is 2. The lowest BCUT2D eigenvalue weighted by Gasteiger charge is -2.57. The maximum Gasteiger partial charge on any atom is 0.280 e. The Morgan fingerprint density at radius 2 is 1.87 bits per heavy atom. The van der Waals surface area contributed by atoms with Crippen molar-refractivity contribution in [2.24, 2.45) is 11.1 Å². The Balaban J connectivity index is 1.11. The van der Waals surface area contributed by atoms with E-state index < -0.39 is 5.91 Å². The summed E-state index contributed by atoms with van der Waals surface area (Å²) in [6, 6.07) is 9.04. The van der Waals surface area contributed by atoms with Crippen LogP contribution < -0.4 is 15.8 Å². The van der Waals surface area contributed by atoms with E-state index in [4.69, 9.17) is 10.5 Å². The number of carbonyl (C=O) groups excluding carboxylic acids is 2. The fraction of sp³-hybridized carbons (Fsp3) is 0.318. The summed E-state index contributed by atoms with van der Waals surface area (Å²) in [6.07, 6.45) is 6.92. The molecule has 0 bridgehead atoms. The van der Waals surface area contributed by atoms with Crippen LogP contribution in [0.15, 0.2) is 48.1 Å². The van der Waals surface area contributed by atoms with Crippen molar-refractivity contribution in [3.63, 3.8) is 0 Å². The van der Waals surface area contributed by atoms with Crippen LogP contribution in [0.5, 0.6) is 5.88 Å². The Morgan fingerprint density at radius 3 is 2.61 bits per heavy atom. The Hall–Kier alpha value is -3.33. The smallest absolute Gasteiger partial charge is 0.280 e. The maximum atomic E-state index is 12.6. The van der Waals surface area contributed by atoms with Crippen LogP contribution in [0.25, 0.3) is 11.4 Å². The van der Waals surface area contributed by atoms with E-state index in [1.54, 1.807) is 24.5 Å². The predicted octanol–water partition coefficient (Wildman–Crippen LogP) is 2.82. The summed E-state index contributed by atoms with van der Waals surface area (Å²) >= 11 is 1.33. The van der Waals surface area contributed by atoms with Crippen molar-refractivity contribution in [1.29, 1.82) is 0 Å². The zero-order valence-electron chi connectivity index (χ0n) is 16.7. The van der Waals surface area contributed by atoms with Gasteiger partial charge in [0.05, 0.1) is 5.69 Å². The van der Waals surface area contributed by atoms with Crippen LogP contribution in [0.2, 0.25) is 0 Å². The molecule has 3 heterocycles. The lowest BCUT2D eigenvalue weighted by atomic mass is 9.53. The molecule has 158 valence electrons. The molecule has 0 aliphatic heterocycles. The highest BCUT2D eigenvalue weighted by Crippen LogP contribution is 2.56. The van der Waals surface area contributed by atoms with Crippen LogP contribution in [0.4, 0.5) is 0 Å². The van der Waals surface area contributed by atoms with Crippen LogP contribution in [0.3, 0.4) is 0 Å². The van der Waals surface area contributed by atoms with Gasteiger partial charge in [-0.2, -0.15) is 0 Å². The zero-order chi connectivity index (χ0) is 21.4. The lowest BCUT2D eigenvalue weighted by Crippen LogP contribution is -2.58. The van der Waals surface area contributed by atoms with E-state index in [9.17, 15) is 9.59 Å². The highest BCUT2D eigenvalue weighted by atomic mass is 32.1. The van der Waals surface area contributed by atoms with Crippen molar-refractivity contribution in [1.82, 2.24) is 20.3 Å². The van der Waals surface area contributed by atoms with Gasteiger partial charge in [-0.3, -0.25) is 14.6 Å². The van der Waals surface area contributed by atoms with Crippen molar-refractivity contribution < 1.29 is 14.3 Å². The second-order valence-electron chi connectivity index (χ2n) is 8.20. The van der Waals surface area contributed by atoms with Gasteiger partial charge in [-0.15, -0.1) is 11.3 Å². The highest BCUT2D eigenvalue weighted by molar-refractivity contribution is 7.12. The number of hydrogen-bond donors (Lipinski definition) is 2. The third kappa shape index (κ3) is 3.88. The molecule has 2 fully saturated rings. The number of pyridine rings is 2. The second-order valence-corrected chi connectivity index (χ2v) is 9.06. The fourth-order valence-corrected chi connectivity index (χ4v) is 5.21. The molecule has 5 rings (SSSR count). The number of primary amides is 1. The quantitative estimate of drug-likeness (QED) is 0.614. The van der Waals surface area contributed by atoms with Gasteiger partial charge in [0, 0.05) is 23.8 Å². The summed E-state index contributed by atoms with van der Waals surface area (Å²) in [7, 11) is 0. The van der Waals surface area contributed by atoms with Crippen LogP contribution in [0, 0.1) is 5.41 Å². The average molecular weight is 436 g/mol. The standard InChI is InChI=1S/C22H21N5O3S/c23-18(28)15-4-3-7-25-20(15)30-14-10-22(11-14)8-13(9-22)26-19(29)21-27-17(12-31-21)16-5-1-2-6-24-16/h1-7,12-14H,8-11H2,(H2,23,28)(H,26,29). The molecule has 2 saturated carbocycles. The Labute approximate surface area is 182 Å². The molecule has 8 nitrogen and oxygen atoms in total. The highest BCUT2D eigenvalue weighted by Gasteiger charge is 2.54. The van der Waals surface area contributed by atoms with E-state index in [2.05, 4.69) is 20.3 Å². The summed E-state index contributed by atoms with van der Waals surface area (Å²) < 4.78 is 5.89. The number of amides is 2. The number of nitrogens with zero attached hydrogens (tertiary/aromatic N) is 3. The van der Waals surface area contributed by atoms with Crippen molar-refractivity contribution >= 4 is 23.2 Å².